The Bertz CT molecular complexity index is 712. The molecule has 0 saturated carbocycles. The van der Waals surface area contributed by atoms with Gasteiger partial charge in [0, 0.05) is 11.0 Å². The van der Waals surface area contributed by atoms with Crippen LogP contribution in [-0.2, 0) is 0 Å². The molecule has 4 nitrogen and oxygen atoms in total. The van der Waals surface area contributed by atoms with E-state index in [9.17, 15) is 9.90 Å². The normalized spacial score (nSPS) is 13.8. The van der Waals surface area contributed by atoms with E-state index in [2.05, 4.69) is 84.3 Å². The van der Waals surface area contributed by atoms with Crippen LogP contribution in [0.2, 0.25) is 0 Å². The molecule has 1 aromatic heterocycles. The maximum absolute atomic E-state index is 13.2. The Balaban J connectivity index is 3.58. The molecule has 0 saturated heterocycles. The van der Waals surface area contributed by atoms with Crippen LogP contribution in [0.4, 0.5) is 0 Å². The number of rotatable bonds is 5. The van der Waals surface area contributed by atoms with Gasteiger partial charge in [0.05, 0.1) is 11.3 Å². The van der Waals surface area contributed by atoms with Gasteiger partial charge in [-0.2, -0.15) is 0 Å². The molecular formula is C17H19I3N2O2. The molecule has 0 bridgehead atoms. The van der Waals surface area contributed by atoms with E-state index in [-0.39, 0.29) is 11.5 Å². The molecule has 0 spiro atoms. The number of hydrogen-bond acceptors (Lipinski definition) is 4. The molecule has 0 amide bonds. The smallest absolute Gasteiger partial charge is 0.214 e. The molecular weight excluding hydrogens is 645 g/mol. The first kappa shape index (κ1) is 22.0. The minimum Gasteiger partial charge on any atom is -0.511 e. The van der Waals surface area contributed by atoms with Crippen LogP contribution in [-0.4, -0.2) is 20.3 Å². The summed E-state index contributed by atoms with van der Waals surface area (Å²) in [5.41, 5.74) is 1.44. The summed E-state index contributed by atoms with van der Waals surface area (Å²) >= 11 is 6.43. The fourth-order valence-corrected chi connectivity index (χ4v) is 3.39. The lowest BCUT2D eigenvalue weighted by atomic mass is 9.89. The van der Waals surface area contributed by atoms with Crippen LogP contribution in [0.3, 0.4) is 0 Å². The standard InChI is InChI=1S/C17H19I3N2O2/c1-6-7-8-11-10(2)13(22-9-21-11)14(23)12(17(18,19)20)15(24)16(3,4)5/h6-9,24H,1H2,2-5H3/b8-7-,15-12+. The molecule has 0 fully saturated rings. The average Bonchev–Trinajstić information content (AvgIpc) is 2.43. The van der Waals surface area contributed by atoms with Crippen LogP contribution in [0.25, 0.3) is 6.08 Å². The van der Waals surface area contributed by atoms with Crippen molar-refractivity contribution < 1.29 is 9.90 Å². The summed E-state index contributed by atoms with van der Waals surface area (Å²) < 4.78 is -0.601. The Morgan fingerprint density at radius 2 is 1.83 bits per heavy atom. The minimum absolute atomic E-state index is 0.0758. The van der Waals surface area contributed by atoms with Crippen molar-refractivity contribution in [3.63, 3.8) is 0 Å². The molecule has 1 N–H and O–H groups in total. The first-order valence-corrected chi connectivity index (χ1v) is 10.3. The fraction of sp³-hybridized carbons (Fsp3) is 0.353. The second-order valence-corrected chi connectivity index (χ2v) is 17.2. The first-order chi connectivity index (χ1) is 10.9. The zero-order chi connectivity index (χ0) is 18.7. The van der Waals surface area contributed by atoms with Crippen molar-refractivity contribution in [3.8, 4) is 0 Å². The molecule has 0 radical (unpaired) electrons. The summed E-state index contributed by atoms with van der Waals surface area (Å²) in [4.78, 5) is 21.5. The van der Waals surface area contributed by atoms with Crippen molar-refractivity contribution in [2.45, 2.75) is 27.1 Å². The fourth-order valence-electron chi connectivity index (χ4n) is 1.88. The van der Waals surface area contributed by atoms with Gasteiger partial charge in [-0.25, -0.2) is 9.97 Å². The Labute approximate surface area is 183 Å². The van der Waals surface area contributed by atoms with Gasteiger partial charge in [-0.15, -0.1) is 0 Å². The zero-order valence-corrected chi connectivity index (χ0v) is 20.4. The third kappa shape index (κ3) is 5.48. The number of allylic oxidation sites excluding steroid dienone is 4. The van der Waals surface area contributed by atoms with E-state index in [1.807, 2.05) is 20.8 Å². The number of halogens is 3. The van der Waals surface area contributed by atoms with Crippen molar-refractivity contribution in [2.24, 2.45) is 5.41 Å². The SMILES string of the molecule is C=C/C=C\c1ncnc(C(=O)/C(=C(\O)C(C)(C)C)C(I)(I)I)c1C. The number of alkyl halides is 3. The van der Waals surface area contributed by atoms with E-state index in [1.54, 1.807) is 25.2 Å². The molecule has 0 atom stereocenters. The number of aromatic nitrogens is 2. The van der Waals surface area contributed by atoms with Crippen molar-refractivity contribution in [2.75, 3.05) is 0 Å². The monoisotopic (exact) mass is 664 g/mol. The van der Waals surface area contributed by atoms with Crippen molar-refractivity contribution in [1.29, 1.82) is 0 Å². The van der Waals surface area contributed by atoms with Gasteiger partial charge in [0.1, 0.15) is 17.8 Å². The molecule has 0 aliphatic heterocycles. The van der Waals surface area contributed by atoms with E-state index < -0.39 is 4.85 Å². The van der Waals surface area contributed by atoms with Gasteiger partial charge in [0.25, 0.3) is 0 Å². The summed E-state index contributed by atoms with van der Waals surface area (Å²) in [6, 6.07) is 0. The molecule has 24 heavy (non-hydrogen) atoms. The number of Topliss-reactive ketones (excluding diaryl/α,β-unsaturated/α-hetero) is 1. The topological polar surface area (TPSA) is 63.1 Å². The van der Waals surface area contributed by atoms with Crippen LogP contribution in [0.1, 0.15) is 42.5 Å². The number of nitrogens with zero attached hydrogens (tertiary/aromatic N) is 2. The predicted octanol–water partition coefficient (Wildman–Crippen LogP) is 5.98. The number of carbonyl (C=O) groups excluding carboxylic acids is 1. The lowest BCUT2D eigenvalue weighted by molar-refractivity contribution is 0.101. The van der Waals surface area contributed by atoms with E-state index in [0.717, 1.165) is 0 Å². The molecule has 0 aromatic carbocycles. The molecule has 7 heteroatoms. The Morgan fingerprint density at radius 3 is 2.29 bits per heavy atom. The summed E-state index contributed by atoms with van der Waals surface area (Å²) in [5, 5.41) is 10.7. The van der Waals surface area contributed by atoms with Gasteiger partial charge < -0.3 is 5.11 Å². The van der Waals surface area contributed by atoms with Gasteiger partial charge in [0.15, 0.2) is -0.565 Å². The Kier molecular flexibility index (Phi) is 7.85. The summed E-state index contributed by atoms with van der Waals surface area (Å²) in [6.07, 6.45) is 6.54. The van der Waals surface area contributed by atoms with Gasteiger partial charge >= 0.3 is 0 Å². The second kappa shape index (κ2) is 8.56. The summed E-state index contributed by atoms with van der Waals surface area (Å²) in [6.45, 7) is 11.0. The van der Waals surface area contributed by atoms with Crippen LogP contribution in [0, 0.1) is 12.3 Å². The second-order valence-electron chi connectivity index (χ2n) is 6.13. The lowest BCUT2D eigenvalue weighted by Crippen LogP contribution is -2.25. The average molecular weight is 664 g/mol. The largest absolute Gasteiger partial charge is 0.511 e. The maximum Gasteiger partial charge on any atom is 0.214 e. The van der Waals surface area contributed by atoms with Crippen LogP contribution in [0.15, 0.2) is 36.4 Å². The quantitative estimate of drug-likeness (QED) is 0.105. The zero-order valence-electron chi connectivity index (χ0n) is 13.9. The summed E-state index contributed by atoms with van der Waals surface area (Å²) in [5.74, 6) is -0.208. The van der Waals surface area contributed by atoms with Gasteiger partial charge in [-0.3, -0.25) is 4.79 Å². The number of carbonyl (C=O) groups is 1. The molecule has 1 aromatic rings. The van der Waals surface area contributed by atoms with Crippen LogP contribution in [0.5, 0.6) is 0 Å². The lowest BCUT2D eigenvalue weighted by Gasteiger charge is -2.25. The van der Waals surface area contributed by atoms with Gasteiger partial charge in [-0.05, 0) is 80.8 Å². The Morgan fingerprint density at radius 1 is 1.25 bits per heavy atom. The molecule has 0 aliphatic carbocycles. The predicted molar refractivity (Wildman–Crippen MR) is 124 cm³/mol. The molecule has 130 valence electrons. The number of hydrogen-bond donors (Lipinski definition) is 1. The molecule has 1 heterocycles. The molecule has 0 unspecified atom stereocenters. The van der Waals surface area contributed by atoms with Crippen molar-refractivity contribution in [3.05, 3.63) is 53.3 Å². The van der Waals surface area contributed by atoms with E-state index in [1.165, 1.54) is 6.33 Å². The van der Waals surface area contributed by atoms with Crippen molar-refractivity contribution >= 4 is 79.6 Å². The third-order valence-electron chi connectivity index (χ3n) is 3.19. The Hall–Kier alpha value is -0.0400. The van der Waals surface area contributed by atoms with Crippen LogP contribution < -0.4 is 0 Å². The molecule has 0 aliphatic rings. The van der Waals surface area contributed by atoms with Gasteiger partial charge in [-0.1, -0.05) is 39.5 Å². The summed E-state index contributed by atoms with van der Waals surface area (Å²) in [7, 11) is 0. The number of ketones is 1. The highest BCUT2D eigenvalue weighted by atomic mass is 127. The van der Waals surface area contributed by atoms with Crippen LogP contribution >= 0.6 is 67.8 Å². The number of aliphatic hydroxyl groups is 1. The third-order valence-corrected chi connectivity index (χ3v) is 4.80. The molecule has 1 rings (SSSR count). The first-order valence-electron chi connectivity index (χ1n) is 7.07. The highest BCUT2D eigenvalue weighted by molar-refractivity contribution is 14.3. The minimum atomic E-state index is -0.601. The van der Waals surface area contributed by atoms with Gasteiger partial charge in [0.2, 0.25) is 5.78 Å². The highest BCUT2D eigenvalue weighted by Crippen LogP contribution is 2.47. The van der Waals surface area contributed by atoms with Crippen molar-refractivity contribution in [1.82, 2.24) is 9.97 Å². The maximum atomic E-state index is 13.2. The van der Waals surface area contributed by atoms with E-state index >= 15 is 0 Å². The van der Waals surface area contributed by atoms with E-state index in [0.29, 0.717) is 22.5 Å². The number of aliphatic hydroxyl groups excluding tert-OH is 1. The van der Waals surface area contributed by atoms with E-state index in [4.69, 9.17) is 0 Å². The highest BCUT2D eigenvalue weighted by Gasteiger charge is 2.38.